The minimum Gasteiger partial charge on any atom is -0.365 e. The molecule has 0 bridgehead atoms. The van der Waals surface area contributed by atoms with Crippen LogP contribution in [0.1, 0.15) is 25.1 Å². The first-order chi connectivity index (χ1) is 14.3. The third-order valence-electron chi connectivity index (χ3n) is 5.17. The summed E-state index contributed by atoms with van der Waals surface area (Å²) in [4.78, 5) is 16.7. The van der Waals surface area contributed by atoms with Crippen LogP contribution in [0.25, 0.3) is 5.65 Å². The molecule has 3 aromatic heterocycles. The summed E-state index contributed by atoms with van der Waals surface area (Å²) in [6.45, 7) is 3.54. The predicted octanol–water partition coefficient (Wildman–Crippen LogP) is 3.32. The second-order valence-corrected chi connectivity index (χ2v) is 7.65. The molecule has 0 spiro atoms. The van der Waals surface area contributed by atoms with Gasteiger partial charge in [-0.3, -0.25) is 9.38 Å². The lowest BCUT2D eigenvalue weighted by atomic mass is 9.74. The predicted molar refractivity (Wildman–Crippen MR) is 106 cm³/mol. The van der Waals surface area contributed by atoms with Crippen molar-refractivity contribution in [2.75, 3.05) is 5.32 Å². The number of halogens is 2. The van der Waals surface area contributed by atoms with Gasteiger partial charge in [0.25, 0.3) is 0 Å². The van der Waals surface area contributed by atoms with Crippen LogP contribution >= 0.6 is 0 Å². The van der Waals surface area contributed by atoms with Gasteiger partial charge in [-0.15, -0.1) is 0 Å². The Morgan fingerprint density at radius 3 is 2.57 bits per heavy atom. The molecule has 7 nitrogen and oxygen atoms in total. The van der Waals surface area contributed by atoms with Gasteiger partial charge in [0.1, 0.15) is 11.6 Å². The Morgan fingerprint density at radius 2 is 1.83 bits per heavy atom. The van der Waals surface area contributed by atoms with Crippen LogP contribution in [0.15, 0.2) is 61.4 Å². The second kappa shape index (κ2) is 7.42. The van der Waals surface area contributed by atoms with Crippen LogP contribution in [0.2, 0.25) is 0 Å². The third kappa shape index (κ3) is 3.48. The number of anilines is 1. The smallest absolute Gasteiger partial charge is 0.225 e. The Kier molecular flexibility index (Phi) is 4.90. The molecule has 4 aromatic rings. The Hall–Kier alpha value is -3.46. The molecule has 4 rings (SSSR count). The summed E-state index contributed by atoms with van der Waals surface area (Å²) >= 11 is 0. The van der Waals surface area contributed by atoms with Gasteiger partial charge in [-0.05, 0) is 24.1 Å². The van der Waals surface area contributed by atoms with Crippen LogP contribution in [0.5, 0.6) is 0 Å². The average Bonchev–Trinajstić information content (AvgIpc) is 3.15. The van der Waals surface area contributed by atoms with E-state index in [4.69, 9.17) is 0 Å². The van der Waals surface area contributed by atoms with Crippen molar-refractivity contribution in [3.05, 3.63) is 84.3 Å². The van der Waals surface area contributed by atoms with E-state index in [2.05, 4.69) is 25.3 Å². The van der Waals surface area contributed by atoms with Crippen molar-refractivity contribution in [3.8, 4) is 0 Å². The molecule has 0 fully saturated rings. The second-order valence-electron chi connectivity index (χ2n) is 7.65. The zero-order valence-corrected chi connectivity index (χ0v) is 16.4. The first-order valence-electron chi connectivity index (χ1n) is 9.29. The highest BCUT2D eigenvalue weighted by molar-refractivity contribution is 5.42. The summed E-state index contributed by atoms with van der Waals surface area (Å²) in [5.74, 6) is -1.14. The number of nitrogens with zero attached hydrogens (tertiary/aromatic N) is 5. The molecule has 3 heterocycles. The maximum Gasteiger partial charge on any atom is 0.225 e. The van der Waals surface area contributed by atoms with Crippen LogP contribution < -0.4 is 5.32 Å². The van der Waals surface area contributed by atoms with Crippen LogP contribution in [-0.4, -0.2) is 29.4 Å². The number of aliphatic hydroxyl groups is 1. The SMILES string of the molecule is CC(C)(Cc1ccc(F)cc1F)C(O)(Nc1ncccn1)c1cnc2cnccn12. The van der Waals surface area contributed by atoms with Gasteiger partial charge in [0.05, 0.1) is 18.1 Å². The van der Waals surface area contributed by atoms with Crippen LogP contribution in [0.4, 0.5) is 14.7 Å². The van der Waals surface area contributed by atoms with E-state index in [-0.39, 0.29) is 17.9 Å². The summed E-state index contributed by atoms with van der Waals surface area (Å²) < 4.78 is 29.4. The number of rotatable bonds is 6. The summed E-state index contributed by atoms with van der Waals surface area (Å²) in [5, 5.41) is 15.0. The molecule has 0 saturated carbocycles. The molecule has 1 aromatic carbocycles. The van der Waals surface area contributed by atoms with E-state index in [9.17, 15) is 13.9 Å². The van der Waals surface area contributed by atoms with Crippen LogP contribution in [0.3, 0.4) is 0 Å². The molecule has 30 heavy (non-hydrogen) atoms. The minimum atomic E-state index is -1.77. The fraction of sp³-hybridized carbons (Fsp3) is 0.238. The third-order valence-corrected chi connectivity index (χ3v) is 5.17. The van der Waals surface area contributed by atoms with E-state index in [1.807, 2.05) is 0 Å². The van der Waals surface area contributed by atoms with Crippen LogP contribution in [0, 0.1) is 17.0 Å². The van der Waals surface area contributed by atoms with E-state index in [0.717, 1.165) is 6.07 Å². The molecule has 0 aliphatic rings. The summed E-state index contributed by atoms with van der Waals surface area (Å²) in [7, 11) is 0. The van der Waals surface area contributed by atoms with Gasteiger partial charge in [-0.2, -0.15) is 0 Å². The maximum atomic E-state index is 14.4. The van der Waals surface area contributed by atoms with Crippen molar-refractivity contribution in [2.24, 2.45) is 5.41 Å². The molecule has 2 N–H and O–H groups in total. The van der Waals surface area contributed by atoms with Gasteiger partial charge in [-0.25, -0.2) is 23.7 Å². The lowest BCUT2D eigenvalue weighted by Crippen LogP contribution is -2.51. The lowest BCUT2D eigenvalue weighted by Gasteiger charge is -2.43. The highest BCUT2D eigenvalue weighted by Crippen LogP contribution is 2.42. The van der Waals surface area contributed by atoms with Crippen molar-refractivity contribution < 1.29 is 13.9 Å². The van der Waals surface area contributed by atoms with Crippen molar-refractivity contribution >= 4 is 11.6 Å². The molecule has 9 heteroatoms. The molecule has 1 atom stereocenters. The fourth-order valence-corrected chi connectivity index (χ4v) is 3.48. The molecule has 0 saturated heterocycles. The number of hydrogen-bond donors (Lipinski definition) is 2. The maximum absolute atomic E-state index is 14.4. The van der Waals surface area contributed by atoms with Crippen molar-refractivity contribution in [2.45, 2.75) is 26.0 Å². The minimum absolute atomic E-state index is 0.0910. The summed E-state index contributed by atoms with van der Waals surface area (Å²) in [6, 6.07) is 5.06. The highest BCUT2D eigenvalue weighted by atomic mass is 19.1. The van der Waals surface area contributed by atoms with Crippen molar-refractivity contribution in [1.29, 1.82) is 0 Å². The van der Waals surface area contributed by atoms with Crippen molar-refractivity contribution in [1.82, 2.24) is 24.3 Å². The number of aromatic nitrogens is 5. The van der Waals surface area contributed by atoms with Crippen molar-refractivity contribution in [3.63, 3.8) is 0 Å². The molecule has 0 aliphatic heterocycles. The Bertz CT molecular complexity index is 1180. The van der Waals surface area contributed by atoms with Gasteiger partial charge in [0.2, 0.25) is 5.95 Å². The van der Waals surface area contributed by atoms with Gasteiger partial charge in [0, 0.05) is 36.3 Å². The normalized spacial score (nSPS) is 13.9. The molecular formula is C21H20F2N6O. The Labute approximate surface area is 171 Å². The van der Waals surface area contributed by atoms with E-state index >= 15 is 0 Å². The average molecular weight is 410 g/mol. The van der Waals surface area contributed by atoms with Gasteiger partial charge in [0.15, 0.2) is 11.4 Å². The number of nitrogens with one attached hydrogen (secondary N) is 1. The standard InChI is InChI=1S/C21H20F2N6O/c1-20(2,11-14-4-5-15(22)10-16(14)23)21(30,28-19-25-6-3-7-26-19)17-12-27-18-13-24-8-9-29(17)18/h3-10,12-13,30H,11H2,1-2H3,(H,25,26,28). The van der Waals surface area contributed by atoms with Crippen LogP contribution in [-0.2, 0) is 12.1 Å². The summed E-state index contributed by atoms with van der Waals surface area (Å²) in [6.07, 6.45) is 9.51. The number of imidazole rings is 1. The van der Waals surface area contributed by atoms with Gasteiger partial charge < -0.3 is 10.4 Å². The first-order valence-corrected chi connectivity index (χ1v) is 9.29. The fourth-order valence-electron chi connectivity index (χ4n) is 3.48. The molecule has 154 valence electrons. The number of fused-ring (bicyclic) bond motifs is 1. The summed E-state index contributed by atoms with van der Waals surface area (Å²) in [5.41, 5.74) is -1.57. The van der Waals surface area contributed by atoms with Gasteiger partial charge >= 0.3 is 0 Å². The first kappa shape index (κ1) is 19.8. The highest BCUT2D eigenvalue weighted by Gasteiger charge is 2.48. The largest absolute Gasteiger partial charge is 0.365 e. The van der Waals surface area contributed by atoms with E-state index in [0.29, 0.717) is 11.3 Å². The zero-order chi connectivity index (χ0) is 21.4. The van der Waals surface area contributed by atoms with Gasteiger partial charge in [-0.1, -0.05) is 19.9 Å². The quantitative estimate of drug-likeness (QED) is 0.474. The number of hydrogen-bond acceptors (Lipinski definition) is 6. The molecule has 0 aliphatic carbocycles. The molecule has 1 unspecified atom stereocenters. The lowest BCUT2D eigenvalue weighted by molar-refractivity contribution is -0.0533. The molecule has 0 radical (unpaired) electrons. The molecular weight excluding hydrogens is 390 g/mol. The topological polar surface area (TPSA) is 88.2 Å². The van der Waals surface area contributed by atoms with E-state index < -0.39 is 22.8 Å². The molecule has 0 amide bonds. The monoisotopic (exact) mass is 410 g/mol. The number of benzene rings is 1. The van der Waals surface area contributed by atoms with E-state index in [1.54, 1.807) is 55.3 Å². The van der Waals surface area contributed by atoms with E-state index in [1.165, 1.54) is 18.3 Å². The Morgan fingerprint density at radius 1 is 1.07 bits per heavy atom. The zero-order valence-electron chi connectivity index (χ0n) is 16.4. The Balaban J connectivity index is 1.83.